The van der Waals surface area contributed by atoms with Crippen molar-refractivity contribution in [3.63, 3.8) is 0 Å². The third kappa shape index (κ3) is 4.94. The van der Waals surface area contributed by atoms with Crippen molar-refractivity contribution >= 4 is 43.6 Å². The second-order valence-corrected chi connectivity index (χ2v) is 14.0. The highest BCUT2D eigenvalue weighted by Gasteiger charge is 2.20. The standard InChI is InChI=1S/C50H34N4/c1-32-11-3-5-13-38(32)36-23-25-47-43(27-36)40-15-7-9-17-45(40)53(47)49-31-52-50(29-42(49)35-21-19-34(30-51)20-22-35)54-46-18-10-8-16-41(46)44-28-37(24-26-48(44)54)39-14-6-4-12-33(39)2/h3-29,31H,1-2H3. The molecule has 0 radical (unpaired) electrons. The summed E-state index contributed by atoms with van der Waals surface area (Å²) in [6, 6.07) is 60.3. The molecule has 4 heteroatoms. The molecule has 0 fully saturated rings. The third-order valence-electron chi connectivity index (χ3n) is 10.9. The van der Waals surface area contributed by atoms with Gasteiger partial charge in [0, 0.05) is 27.1 Å². The highest BCUT2D eigenvalue weighted by Crippen LogP contribution is 2.40. The number of rotatable bonds is 5. The highest BCUT2D eigenvalue weighted by atomic mass is 15.1. The van der Waals surface area contributed by atoms with Gasteiger partial charge in [0.2, 0.25) is 0 Å². The normalized spacial score (nSPS) is 11.5. The molecule has 10 rings (SSSR count). The predicted molar refractivity (Wildman–Crippen MR) is 223 cm³/mol. The Hall–Kier alpha value is -7.22. The van der Waals surface area contributed by atoms with Crippen LogP contribution in [0.1, 0.15) is 16.7 Å². The van der Waals surface area contributed by atoms with Crippen LogP contribution in [-0.2, 0) is 0 Å². The summed E-state index contributed by atoms with van der Waals surface area (Å²) in [4.78, 5) is 5.27. The molecule has 54 heavy (non-hydrogen) atoms. The van der Waals surface area contributed by atoms with Gasteiger partial charge >= 0.3 is 0 Å². The van der Waals surface area contributed by atoms with Crippen molar-refractivity contribution < 1.29 is 0 Å². The lowest BCUT2D eigenvalue weighted by molar-refractivity contribution is 1.06. The maximum Gasteiger partial charge on any atom is 0.138 e. The van der Waals surface area contributed by atoms with Crippen molar-refractivity contribution in [3.05, 3.63) is 187 Å². The quantitative estimate of drug-likeness (QED) is 0.180. The fourth-order valence-electron chi connectivity index (χ4n) is 8.27. The van der Waals surface area contributed by atoms with Gasteiger partial charge in [-0.15, -0.1) is 0 Å². The molecule has 0 bridgehead atoms. The minimum absolute atomic E-state index is 0.627. The fraction of sp³-hybridized carbons (Fsp3) is 0.0400. The van der Waals surface area contributed by atoms with E-state index in [2.05, 4.69) is 169 Å². The van der Waals surface area contributed by atoms with E-state index in [9.17, 15) is 5.26 Å². The molecular weight excluding hydrogens is 657 g/mol. The van der Waals surface area contributed by atoms with Gasteiger partial charge in [-0.1, -0.05) is 109 Å². The Morgan fingerprint density at radius 3 is 1.50 bits per heavy atom. The molecule has 3 heterocycles. The Balaban J connectivity index is 1.23. The van der Waals surface area contributed by atoms with Crippen LogP contribution in [0.2, 0.25) is 0 Å². The van der Waals surface area contributed by atoms with E-state index in [1.54, 1.807) is 0 Å². The van der Waals surface area contributed by atoms with E-state index in [-0.39, 0.29) is 0 Å². The van der Waals surface area contributed by atoms with Crippen LogP contribution in [0.15, 0.2) is 170 Å². The molecular formula is C50H34N4. The lowest BCUT2D eigenvalue weighted by Gasteiger charge is -2.17. The van der Waals surface area contributed by atoms with Crippen LogP contribution in [0.3, 0.4) is 0 Å². The maximum absolute atomic E-state index is 9.67. The monoisotopic (exact) mass is 690 g/mol. The number of aromatic nitrogens is 3. The summed E-state index contributed by atoms with van der Waals surface area (Å²) in [6.07, 6.45) is 2.02. The molecule has 254 valence electrons. The van der Waals surface area contributed by atoms with Crippen molar-refractivity contribution in [2.24, 2.45) is 0 Å². The number of para-hydroxylation sites is 2. The van der Waals surface area contributed by atoms with Gasteiger partial charge < -0.3 is 4.57 Å². The number of aryl methyl sites for hydroxylation is 2. The molecule has 0 aliphatic carbocycles. The molecule has 4 nitrogen and oxygen atoms in total. The minimum atomic E-state index is 0.627. The first-order valence-corrected chi connectivity index (χ1v) is 18.3. The van der Waals surface area contributed by atoms with Crippen LogP contribution in [0.25, 0.3) is 88.5 Å². The molecule has 0 spiro atoms. The molecule has 0 saturated heterocycles. The number of fused-ring (bicyclic) bond motifs is 6. The first-order valence-electron chi connectivity index (χ1n) is 18.3. The van der Waals surface area contributed by atoms with Crippen LogP contribution in [0, 0.1) is 25.2 Å². The van der Waals surface area contributed by atoms with E-state index < -0.39 is 0 Å². The second kappa shape index (κ2) is 12.5. The Morgan fingerprint density at radius 1 is 0.444 bits per heavy atom. The molecule has 0 atom stereocenters. The molecule has 0 amide bonds. The number of pyridine rings is 1. The van der Waals surface area contributed by atoms with Gasteiger partial charge in [-0.05, 0) is 107 Å². The molecule has 0 aliphatic heterocycles. The Kier molecular flexibility index (Phi) is 7.28. The molecule has 0 unspecified atom stereocenters. The maximum atomic E-state index is 9.67. The first-order chi connectivity index (χ1) is 26.6. The van der Waals surface area contributed by atoms with Gasteiger partial charge in [0.1, 0.15) is 5.82 Å². The summed E-state index contributed by atoms with van der Waals surface area (Å²) in [5.41, 5.74) is 15.4. The Bertz CT molecular complexity index is 3130. The zero-order valence-electron chi connectivity index (χ0n) is 30.0. The number of hydrogen-bond donors (Lipinski definition) is 0. The van der Waals surface area contributed by atoms with Crippen LogP contribution < -0.4 is 0 Å². The zero-order chi connectivity index (χ0) is 36.3. The van der Waals surface area contributed by atoms with Gasteiger partial charge in [-0.25, -0.2) is 4.98 Å². The predicted octanol–water partition coefficient (Wildman–Crippen LogP) is 12.8. The van der Waals surface area contributed by atoms with Crippen LogP contribution in [-0.4, -0.2) is 14.1 Å². The summed E-state index contributed by atoms with van der Waals surface area (Å²) in [6.45, 7) is 4.33. The number of benzene rings is 7. The first kappa shape index (κ1) is 31.5. The van der Waals surface area contributed by atoms with E-state index in [1.165, 1.54) is 54.9 Å². The largest absolute Gasteiger partial charge is 0.307 e. The molecule has 3 aromatic heterocycles. The average molecular weight is 691 g/mol. The van der Waals surface area contributed by atoms with Gasteiger partial charge in [0.15, 0.2) is 0 Å². The van der Waals surface area contributed by atoms with E-state index in [0.717, 1.165) is 44.7 Å². The summed E-state index contributed by atoms with van der Waals surface area (Å²) in [7, 11) is 0. The topological polar surface area (TPSA) is 46.5 Å². The second-order valence-electron chi connectivity index (χ2n) is 14.0. The summed E-state index contributed by atoms with van der Waals surface area (Å²) < 4.78 is 4.63. The molecule has 10 aromatic rings. The van der Waals surface area contributed by atoms with Gasteiger partial charge in [-0.2, -0.15) is 5.26 Å². The van der Waals surface area contributed by atoms with Crippen LogP contribution >= 0.6 is 0 Å². The lowest BCUT2D eigenvalue weighted by atomic mass is 9.99. The van der Waals surface area contributed by atoms with E-state index in [0.29, 0.717) is 5.56 Å². The van der Waals surface area contributed by atoms with Crippen molar-refractivity contribution in [1.82, 2.24) is 14.1 Å². The molecule has 7 aromatic carbocycles. The average Bonchev–Trinajstić information content (AvgIpc) is 3.73. The highest BCUT2D eigenvalue weighted by molar-refractivity contribution is 6.12. The number of hydrogen-bond acceptors (Lipinski definition) is 2. The van der Waals surface area contributed by atoms with Gasteiger partial charge in [0.05, 0.1) is 45.6 Å². The molecule has 0 N–H and O–H groups in total. The smallest absolute Gasteiger partial charge is 0.138 e. The SMILES string of the molecule is Cc1ccccc1-c1ccc2c(c1)c1ccccc1n2-c1cc(-c2ccc(C#N)cc2)c(-n2c3ccccc3c3cc(-c4ccccc4C)ccc32)cn1. The Morgan fingerprint density at radius 2 is 0.926 bits per heavy atom. The summed E-state index contributed by atoms with van der Waals surface area (Å²) in [5, 5.41) is 14.4. The molecule has 0 saturated carbocycles. The summed E-state index contributed by atoms with van der Waals surface area (Å²) >= 11 is 0. The van der Waals surface area contributed by atoms with Crippen LogP contribution in [0.5, 0.6) is 0 Å². The lowest BCUT2D eigenvalue weighted by Crippen LogP contribution is -2.03. The summed E-state index contributed by atoms with van der Waals surface area (Å²) in [5.74, 6) is 0.829. The van der Waals surface area contributed by atoms with Crippen molar-refractivity contribution in [2.45, 2.75) is 13.8 Å². The van der Waals surface area contributed by atoms with Crippen molar-refractivity contribution in [1.29, 1.82) is 5.26 Å². The zero-order valence-corrected chi connectivity index (χ0v) is 30.0. The van der Waals surface area contributed by atoms with Gasteiger partial charge in [0.25, 0.3) is 0 Å². The van der Waals surface area contributed by atoms with Crippen molar-refractivity contribution in [3.8, 4) is 51.0 Å². The van der Waals surface area contributed by atoms with Gasteiger partial charge in [-0.3, -0.25) is 4.57 Å². The Labute approximate surface area is 313 Å². The van der Waals surface area contributed by atoms with Crippen LogP contribution in [0.4, 0.5) is 0 Å². The number of nitrogens with zero attached hydrogens (tertiary/aromatic N) is 4. The fourth-order valence-corrected chi connectivity index (χ4v) is 8.27. The van der Waals surface area contributed by atoms with Crippen molar-refractivity contribution in [2.75, 3.05) is 0 Å². The van der Waals surface area contributed by atoms with E-state index in [1.807, 2.05) is 30.5 Å². The third-order valence-corrected chi connectivity index (χ3v) is 10.9. The van der Waals surface area contributed by atoms with E-state index >= 15 is 0 Å². The van der Waals surface area contributed by atoms with E-state index in [4.69, 9.17) is 4.98 Å². The molecule has 0 aliphatic rings. The minimum Gasteiger partial charge on any atom is -0.307 e. The number of nitriles is 1.